The zero-order valence-electron chi connectivity index (χ0n) is 17.3. The standard InChI is InChI=1S/C21H23N5O3/c1-11-7-8-16(12(2)9-11)25-13(3)10-24-17-18(22-20(24)25)23(6)21(29)26(19(17)28)14(4)15(5)27/h7-10,14H,1-6H3/t14-/m0/s1. The largest absolute Gasteiger partial charge is 0.333 e. The van der Waals surface area contributed by atoms with Gasteiger partial charge in [0.1, 0.15) is 0 Å². The quantitative estimate of drug-likeness (QED) is 0.534. The van der Waals surface area contributed by atoms with E-state index in [1.165, 1.54) is 11.5 Å². The lowest BCUT2D eigenvalue weighted by Crippen LogP contribution is -2.42. The van der Waals surface area contributed by atoms with Gasteiger partial charge in [-0.3, -0.25) is 23.1 Å². The van der Waals surface area contributed by atoms with E-state index < -0.39 is 17.3 Å². The van der Waals surface area contributed by atoms with Crippen molar-refractivity contribution in [2.24, 2.45) is 7.05 Å². The summed E-state index contributed by atoms with van der Waals surface area (Å²) in [6.45, 7) is 8.93. The molecule has 0 unspecified atom stereocenters. The summed E-state index contributed by atoms with van der Waals surface area (Å²) in [6.07, 6.45) is 1.83. The van der Waals surface area contributed by atoms with E-state index in [0.29, 0.717) is 11.4 Å². The molecule has 1 atom stereocenters. The fraction of sp³-hybridized carbons (Fsp3) is 0.333. The molecular weight excluding hydrogens is 370 g/mol. The second-order valence-corrected chi connectivity index (χ2v) is 7.65. The Morgan fingerprint density at radius 1 is 1.14 bits per heavy atom. The highest BCUT2D eigenvalue weighted by atomic mass is 16.2. The lowest BCUT2D eigenvalue weighted by molar-refractivity contribution is -0.119. The van der Waals surface area contributed by atoms with Gasteiger partial charge in [0.05, 0.1) is 11.7 Å². The number of benzene rings is 1. The summed E-state index contributed by atoms with van der Waals surface area (Å²) in [7, 11) is 1.56. The Morgan fingerprint density at radius 3 is 2.45 bits per heavy atom. The van der Waals surface area contributed by atoms with Crippen molar-refractivity contribution in [2.45, 2.75) is 40.7 Å². The molecule has 150 valence electrons. The highest BCUT2D eigenvalue weighted by Gasteiger charge is 2.24. The minimum absolute atomic E-state index is 0.256. The number of fused-ring (bicyclic) bond motifs is 3. The molecule has 0 bridgehead atoms. The Labute approximate surface area is 166 Å². The predicted molar refractivity (Wildman–Crippen MR) is 111 cm³/mol. The molecule has 0 saturated carbocycles. The van der Waals surface area contributed by atoms with Crippen LogP contribution in [0.25, 0.3) is 22.6 Å². The average Bonchev–Trinajstić information content (AvgIpc) is 3.15. The molecule has 0 fully saturated rings. The molecule has 8 heteroatoms. The first-order valence-electron chi connectivity index (χ1n) is 9.43. The van der Waals surface area contributed by atoms with Crippen LogP contribution in [0.2, 0.25) is 0 Å². The monoisotopic (exact) mass is 393 g/mol. The first-order valence-corrected chi connectivity index (χ1v) is 9.43. The molecule has 3 aromatic heterocycles. The zero-order valence-corrected chi connectivity index (χ0v) is 17.3. The predicted octanol–water partition coefficient (Wildman–Crippen LogP) is 2.21. The molecule has 4 aromatic rings. The van der Waals surface area contributed by atoms with Crippen LogP contribution in [0.5, 0.6) is 0 Å². The van der Waals surface area contributed by atoms with E-state index >= 15 is 0 Å². The molecule has 0 saturated heterocycles. The fourth-order valence-corrected chi connectivity index (χ4v) is 3.85. The maximum absolute atomic E-state index is 13.2. The molecule has 0 aliphatic carbocycles. The first-order chi connectivity index (χ1) is 13.6. The molecule has 0 N–H and O–H groups in total. The maximum atomic E-state index is 13.2. The van der Waals surface area contributed by atoms with Crippen LogP contribution < -0.4 is 11.2 Å². The van der Waals surface area contributed by atoms with Crippen LogP contribution in [0.4, 0.5) is 0 Å². The van der Waals surface area contributed by atoms with Gasteiger partial charge >= 0.3 is 5.69 Å². The minimum Gasteiger partial charge on any atom is -0.298 e. The van der Waals surface area contributed by atoms with Crippen LogP contribution in [-0.4, -0.2) is 28.9 Å². The number of aromatic nitrogens is 5. The summed E-state index contributed by atoms with van der Waals surface area (Å²) in [6, 6.07) is 5.29. The molecule has 0 amide bonds. The lowest BCUT2D eigenvalue weighted by Gasteiger charge is -2.12. The number of hydrogen-bond donors (Lipinski definition) is 0. The number of carbonyl (C=O) groups is 1. The Hall–Kier alpha value is -3.42. The van der Waals surface area contributed by atoms with E-state index in [9.17, 15) is 14.4 Å². The third-order valence-electron chi connectivity index (χ3n) is 5.54. The second kappa shape index (κ2) is 6.30. The number of carbonyl (C=O) groups excluding carboxylic acids is 1. The van der Waals surface area contributed by atoms with Crippen molar-refractivity contribution in [3.63, 3.8) is 0 Å². The maximum Gasteiger partial charge on any atom is 0.333 e. The Kier molecular flexibility index (Phi) is 4.11. The van der Waals surface area contributed by atoms with Gasteiger partial charge in [0.15, 0.2) is 16.9 Å². The molecule has 3 heterocycles. The van der Waals surface area contributed by atoms with Crippen molar-refractivity contribution in [1.82, 2.24) is 23.1 Å². The van der Waals surface area contributed by atoms with Gasteiger partial charge in [-0.15, -0.1) is 0 Å². The molecule has 0 spiro atoms. The van der Waals surface area contributed by atoms with Crippen molar-refractivity contribution in [3.05, 3.63) is 62.1 Å². The number of nitrogens with zero attached hydrogens (tertiary/aromatic N) is 5. The summed E-state index contributed by atoms with van der Waals surface area (Å²) in [5.74, 6) is 0.290. The SMILES string of the molecule is CC(=O)[C@H](C)n1c(=O)c2c(nc3n(-c4ccc(C)cc4C)c(C)cn23)n(C)c1=O. The molecule has 1 aromatic carbocycles. The number of Topliss-reactive ketones (excluding diaryl/α,β-unsaturated/α-hetero) is 1. The normalized spacial score (nSPS) is 12.8. The molecule has 4 rings (SSSR count). The highest BCUT2D eigenvalue weighted by Crippen LogP contribution is 2.24. The summed E-state index contributed by atoms with van der Waals surface area (Å²) in [4.78, 5) is 42.5. The van der Waals surface area contributed by atoms with Crippen LogP contribution in [0.1, 0.15) is 36.7 Å². The highest BCUT2D eigenvalue weighted by molar-refractivity contribution is 5.81. The van der Waals surface area contributed by atoms with Gasteiger partial charge in [-0.1, -0.05) is 17.7 Å². The van der Waals surface area contributed by atoms with Crippen molar-refractivity contribution in [2.75, 3.05) is 0 Å². The molecule has 29 heavy (non-hydrogen) atoms. The van der Waals surface area contributed by atoms with E-state index in [-0.39, 0.29) is 11.3 Å². The number of aryl methyl sites for hydroxylation is 4. The fourth-order valence-electron chi connectivity index (χ4n) is 3.85. The van der Waals surface area contributed by atoms with E-state index in [1.807, 2.05) is 43.7 Å². The van der Waals surface area contributed by atoms with Gasteiger partial charge in [0.2, 0.25) is 5.78 Å². The van der Waals surface area contributed by atoms with Crippen molar-refractivity contribution in [3.8, 4) is 5.69 Å². The lowest BCUT2D eigenvalue weighted by atomic mass is 10.1. The van der Waals surface area contributed by atoms with Gasteiger partial charge in [-0.25, -0.2) is 9.36 Å². The van der Waals surface area contributed by atoms with Crippen molar-refractivity contribution >= 4 is 22.7 Å². The smallest absolute Gasteiger partial charge is 0.298 e. The zero-order chi connectivity index (χ0) is 21.2. The van der Waals surface area contributed by atoms with Crippen molar-refractivity contribution in [1.29, 1.82) is 0 Å². The number of hydrogen-bond acceptors (Lipinski definition) is 4. The van der Waals surface area contributed by atoms with Crippen LogP contribution in [-0.2, 0) is 11.8 Å². The average molecular weight is 393 g/mol. The van der Waals surface area contributed by atoms with Gasteiger partial charge in [0.25, 0.3) is 5.56 Å². The summed E-state index contributed by atoms with van der Waals surface area (Å²) < 4.78 is 6.00. The van der Waals surface area contributed by atoms with E-state index in [2.05, 4.69) is 11.1 Å². The van der Waals surface area contributed by atoms with E-state index in [1.54, 1.807) is 18.4 Å². The molecule has 0 radical (unpaired) electrons. The topological polar surface area (TPSA) is 83.3 Å². The van der Waals surface area contributed by atoms with Gasteiger partial charge in [-0.05, 0) is 46.2 Å². The summed E-state index contributed by atoms with van der Waals surface area (Å²) >= 11 is 0. The molecular formula is C21H23N5O3. The van der Waals surface area contributed by atoms with Gasteiger partial charge < -0.3 is 0 Å². The third-order valence-corrected chi connectivity index (χ3v) is 5.54. The van der Waals surface area contributed by atoms with Crippen LogP contribution in [0.15, 0.2) is 34.0 Å². The molecule has 0 aliphatic heterocycles. The minimum atomic E-state index is -0.848. The van der Waals surface area contributed by atoms with E-state index in [0.717, 1.165) is 27.1 Å². The Bertz CT molecular complexity index is 1430. The summed E-state index contributed by atoms with van der Waals surface area (Å²) in [5.41, 5.74) is 3.60. The third kappa shape index (κ3) is 2.59. The number of rotatable bonds is 3. The molecule has 8 nitrogen and oxygen atoms in total. The Balaban J connectivity index is 2.15. The Morgan fingerprint density at radius 2 is 1.83 bits per heavy atom. The van der Waals surface area contributed by atoms with Crippen molar-refractivity contribution < 1.29 is 4.79 Å². The van der Waals surface area contributed by atoms with Crippen LogP contribution in [0, 0.1) is 20.8 Å². The first kappa shape index (κ1) is 18.9. The van der Waals surface area contributed by atoms with Gasteiger partial charge in [-0.2, -0.15) is 4.98 Å². The van der Waals surface area contributed by atoms with Crippen LogP contribution >= 0.6 is 0 Å². The summed E-state index contributed by atoms with van der Waals surface area (Å²) in [5, 5.41) is 0. The van der Waals surface area contributed by atoms with E-state index in [4.69, 9.17) is 0 Å². The van der Waals surface area contributed by atoms with Gasteiger partial charge in [0, 0.05) is 18.9 Å². The number of ketones is 1. The number of imidazole rings is 2. The molecule has 0 aliphatic rings. The van der Waals surface area contributed by atoms with Crippen LogP contribution in [0.3, 0.4) is 0 Å². The second-order valence-electron chi connectivity index (χ2n) is 7.65.